The summed E-state index contributed by atoms with van der Waals surface area (Å²) in [6.45, 7) is 4.63. The molecule has 0 saturated heterocycles. The Kier molecular flexibility index (Phi) is 7.49. The molecule has 9 nitrogen and oxygen atoms in total. The van der Waals surface area contributed by atoms with Crippen molar-refractivity contribution in [2.75, 3.05) is 13.7 Å². The van der Waals surface area contributed by atoms with Gasteiger partial charge in [-0.3, -0.25) is 14.4 Å². The molecule has 2 heterocycles. The number of hydrogen-bond donors (Lipinski definition) is 2. The summed E-state index contributed by atoms with van der Waals surface area (Å²) in [4.78, 5) is 46.0. The van der Waals surface area contributed by atoms with Crippen LogP contribution in [0.1, 0.15) is 72.5 Å². The zero-order valence-electron chi connectivity index (χ0n) is 20.4. The summed E-state index contributed by atoms with van der Waals surface area (Å²) in [5, 5.41) is 6.00. The number of imidazole rings is 1. The number of nitrogens with one attached hydrogen (secondary N) is 2. The number of benzene rings is 1. The molecule has 188 valence electrons. The molecule has 1 aromatic carbocycles. The van der Waals surface area contributed by atoms with Crippen molar-refractivity contribution in [3.05, 3.63) is 46.0 Å². The molecule has 0 bridgehead atoms. The maximum absolute atomic E-state index is 13.6. The lowest BCUT2D eigenvalue weighted by Crippen LogP contribution is -2.65. The fraction of sp³-hybridized carbons (Fsp3) is 0.520. The average Bonchev–Trinajstić information content (AvgIpc) is 3.50. The summed E-state index contributed by atoms with van der Waals surface area (Å²) in [5.74, 6) is -0.317. The Morgan fingerprint density at radius 3 is 2.71 bits per heavy atom. The molecule has 0 radical (unpaired) electrons. The van der Waals surface area contributed by atoms with Crippen LogP contribution in [0.3, 0.4) is 0 Å². The molecule has 2 N–H and O–H groups in total. The third-order valence-electron chi connectivity index (χ3n) is 6.88. The van der Waals surface area contributed by atoms with E-state index in [1.807, 2.05) is 25.1 Å². The first-order chi connectivity index (χ1) is 16.8. The van der Waals surface area contributed by atoms with Crippen LogP contribution in [0.15, 0.2) is 29.0 Å². The number of carbonyl (C=O) groups excluding carboxylic acids is 3. The van der Waals surface area contributed by atoms with E-state index >= 15 is 0 Å². The van der Waals surface area contributed by atoms with Crippen molar-refractivity contribution in [3.8, 4) is 5.75 Å². The largest absolute Gasteiger partial charge is 0.496 e. The summed E-state index contributed by atoms with van der Waals surface area (Å²) in [6, 6.07) is 5.69. The van der Waals surface area contributed by atoms with Crippen molar-refractivity contribution >= 4 is 33.7 Å². The van der Waals surface area contributed by atoms with Gasteiger partial charge in [-0.1, -0.05) is 35.7 Å². The Bertz CT molecular complexity index is 1130. The molecule has 2 aliphatic rings. The molecule has 4 rings (SSSR count). The van der Waals surface area contributed by atoms with E-state index in [0.29, 0.717) is 18.7 Å². The molecular weight excluding hydrogens is 514 g/mol. The van der Waals surface area contributed by atoms with Crippen LogP contribution in [0.25, 0.3) is 0 Å². The molecule has 0 spiro atoms. The smallest absolute Gasteiger partial charge is 0.273 e. The van der Waals surface area contributed by atoms with Gasteiger partial charge in [-0.2, -0.15) is 0 Å². The van der Waals surface area contributed by atoms with E-state index in [1.165, 1.54) is 6.33 Å². The van der Waals surface area contributed by atoms with Gasteiger partial charge in [0, 0.05) is 29.2 Å². The van der Waals surface area contributed by atoms with Crippen LogP contribution < -0.4 is 15.4 Å². The molecule has 1 saturated carbocycles. The highest BCUT2D eigenvalue weighted by molar-refractivity contribution is 9.10. The normalized spacial score (nSPS) is 20.0. The average molecular weight is 546 g/mol. The Morgan fingerprint density at radius 1 is 1.29 bits per heavy atom. The van der Waals surface area contributed by atoms with Crippen molar-refractivity contribution in [2.24, 2.45) is 0 Å². The second-order valence-corrected chi connectivity index (χ2v) is 10.3. The molecule has 0 unspecified atom stereocenters. The number of carbonyl (C=O) groups is 3. The number of nitrogens with zero attached hydrogens (tertiary/aromatic N) is 3. The van der Waals surface area contributed by atoms with E-state index in [2.05, 4.69) is 31.5 Å². The molecule has 10 heteroatoms. The van der Waals surface area contributed by atoms with Gasteiger partial charge in [0.25, 0.3) is 11.8 Å². The van der Waals surface area contributed by atoms with Crippen molar-refractivity contribution in [1.29, 1.82) is 0 Å². The summed E-state index contributed by atoms with van der Waals surface area (Å²) in [5.41, 5.74) is 0.00545. The quantitative estimate of drug-likeness (QED) is 0.529. The number of amides is 3. The molecule has 1 fully saturated rings. The Morgan fingerprint density at radius 2 is 2.03 bits per heavy atom. The van der Waals surface area contributed by atoms with Crippen molar-refractivity contribution < 1.29 is 19.1 Å². The van der Waals surface area contributed by atoms with Crippen LogP contribution in [-0.4, -0.2) is 57.4 Å². The van der Waals surface area contributed by atoms with Gasteiger partial charge in [-0.25, -0.2) is 4.98 Å². The number of hydrogen-bond acceptors (Lipinski definition) is 5. The topological polar surface area (TPSA) is 106 Å². The van der Waals surface area contributed by atoms with E-state index in [1.54, 1.807) is 23.5 Å². The first kappa shape index (κ1) is 25.2. The zero-order chi connectivity index (χ0) is 25.2. The molecule has 1 aliphatic carbocycles. The minimum absolute atomic E-state index is 0.0586. The van der Waals surface area contributed by atoms with Gasteiger partial charge >= 0.3 is 0 Å². The highest BCUT2D eigenvalue weighted by Crippen LogP contribution is 2.30. The van der Waals surface area contributed by atoms with Crippen LogP contribution in [-0.2, 0) is 17.9 Å². The van der Waals surface area contributed by atoms with Gasteiger partial charge in [0.1, 0.15) is 17.0 Å². The molecular formula is C25H32BrN5O4. The first-order valence-electron chi connectivity index (χ1n) is 12.1. The van der Waals surface area contributed by atoms with E-state index < -0.39 is 11.4 Å². The van der Waals surface area contributed by atoms with E-state index in [-0.39, 0.29) is 42.3 Å². The molecule has 1 atom stereocenters. The second kappa shape index (κ2) is 10.4. The number of ether oxygens (including phenoxy) is 1. The van der Waals surface area contributed by atoms with Gasteiger partial charge in [-0.05, 0) is 44.4 Å². The maximum Gasteiger partial charge on any atom is 0.273 e. The Balaban J connectivity index is 1.57. The van der Waals surface area contributed by atoms with Crippen LogP contribution in [0.2, 0.25) is 0 Å². The third kappa shape index (κ3) is 4.94. The fourth-order valence-corrected chi connectivity index (χ4v) is 5.39. The summed E-state index contributed by atoms with van der Waals surface area (Å²) in [7, 11) is 1.57. The Hall–Kier alpha value is -2.88. The van der Waals surface area contributed by atoms with Crippen molar-refractivity contribution in [1.82, 2.24) is 25.1 Å². The minimum Gasteiger partial charge on any atom is -0.496 e. The molecule has 35 heavy (non-hydrogen) atoms. The SMILES string of the molecule is CCCN1C(=O)c2c(C(=O)NCc3cc(Br)ccc3OC)ncn2C[C@]1(C)C(=O)NC1CCCC1. The lowest BCUT2D eigenvalue weighted by molar-refractivity contribution is -0.133. The van der Waals surface area contributed by atoms with Crippen molar-refractivity contribution in [3.63, 3.8) is 0 Å². The molecule has 2 aromatic rings. The van der Waals surface area contributed by atoms with Gasteiger partial charge < -0.3 is 24.8 Å². The highest BCUT2D eigenvalue weighted by Gasteiger charge is 2.48. The predicted octanol–water partition coefficient (Wildman–Crippen LogP) is 3.27. The molecule has 1 aromatic heterocycles. The zero-order valence-corrected chi connectivity index (χ0v) is 22.0. The van der Waals surface area contributed by atoms with Crippen LogP contribution >= 0.6 is 15.9 Å². The van der Waals surface area contributed by atoms with Gasteiger partial charge in [-0.15, -0.1) is 0 Å². The Labute approximate surface area is 213 Å². The number of halogens is 1. The third-order valence-corrected chi connectivity index (χ3v) is 7.38. The summed E-state index contributed by atoms with van der Waals surface area (Å²) >= 11 is 3.43. The van der Waals surface area contributed by atoms with E-state index in [0.717, 1.165) is 35.7 Å². The number of methoxy groups -OCH3 is 1. The lowest BCUT2D eigenvalue weighted by atomic mass is 9.93. The lowest BCUT2D eigenvalue weighted by Gasteiger charge is -2.44. The predicted molar refractivity (Wildman–Crippen MR) is 134 cm³/mol. The number of fused-ring (bicyclic) bond motifs is 1. The second-order valence-electron chi connectivity index (χ2n) is 9.39. The minimum atomic E-state index is -1.05. The van der Waals surface area contributed by atoms with Crippen LogP contribution in [0, 0.1) is 0 Å². The van der Waals surface area contributed by atoms with Crippen LogP contribution in [0.4, 0.5) is 0 Å². The molecule has 3 amide bonds. The summed E-state index contributed by atoms with van der Waals surface area (Å²) < 4.78 is 7.87. The van der Waals surface area contributed by atoms with Gasteiger partial charge in [0.05, 0.1) is 20.0 Å². The number of rotatable bonds is 8. The number of aromatic nitrogens is 2. The van der Waals surface area contributed by atoms with E-state index in [4.69, 9.17) is 4.74 Å². The van der Waals surface area contributed by atoms with Crippen molar-refractivity contribution in [2.45, 2.75) is 70.6 Å². The highest BCUT2D eigenvalue weighted by atomic mass is 79.9. The van der Waals surface area contributed by atoms with Gasteiger partial charge in [0.15, 0.2) is 5.69 Å². The monoisotopic (exact) mass is 545 g/mol. The summed E-state index contributed by atoms with van der Waals surface area (Å²) in [6.07, 6.45) is 6.31. The van der Waals surface area contributed by atoms with Gasteiger partial charge in [0.2, 0.25) is 5.91 Å². The van der Waals surface area contributed by atoms with Crippen LogP contribution in [0.5, 0.6) is 5.75 Å². The maximum atomic E-state index is 13.6. The fourth-order valence-electron chi connectivity index (χ4n) is 4.98. The van der Waals surface area contributed by atoms with E-state index in [9.17, 15) is 14.4 Å². The molecule has 1 aliphatic heterocycles. The first-order valence-corrected chi connectivity index (χ1v) is 12.9. The standard InChI is InChI=1S/C25H32BrN5O4/c1-4-11-31-23(33)21-20(22(32)27-13-16-12-17(26)9-10-19(16)35-3)28-15-30(21)14-25(31,2)24(34)29-18-7-5-6-8-18/h9-10,12,15,18H,4-8,11,13-14H2,1-3H3,(H,27,32)(H,29,34)/t25-/m1/s1.